The molecule has 2 aromatic carbocycles. The second-order valence-electron chi connectivity index (χ2n) is 4.11. The molecule has 18 heavy (non-hydrogen) atoms. The topological polar surface area (TPSA) is 35.2 Å². The van der Waals surface area contributed by atoms with E-state index in [1.165, 1.54) is 5.56 Å². The summed E-state index contributed by atoms with van der Waals surface area (Å²) >= 11 is 3.38. The first-order chi connectivity index (χ1) is 8.70. The van der Waals surface area contributed by atoms with Crippen LogP contribution in [-0.4, -0.2) is 0 Å². The Morgan fingerprint density at radius 3 is 2.67 bits per heavy atom. The van der Waals surface area contributed by atoms with Gasteiger partial charge in [-0.3, -0.25) is 0 Å². The zero-order valence-electron chi connectivity index (χ0n) is 10.3. The first kappa shape index (κ1) is 13.0. The van der Waals surface area contributed by atoms with Gasteiger partial charge in [0.15, 0.2) is 0 Å². The summed E-state index contributed by atoms with van der Waals surface area (Å²) in [6.45, 7) is 2.66. The minimum Gasteiger partial charge on any atom is -0.489 e. The SMILES string of the molecule is CCc1ccccc1OCc1ccc(Br)c(N)c1. The fraction of sp³-hybridized carbons (Fsp3) is 0.200. The van der Waals surface area contributed by atoms with Crippen LogP contribution >= 0.6 is 15.9 Å². The number of nitrogen functional groups attached to an aromatic ring is 1. The van der Waals surface area contributed by atoms with E-state index in [0.29, 0.717) is 6.61 Å². The Hall–Kier alpha value is -1.48. The zero-order valence-corrected chi connectivity index (χ0v) is 11.9. The zero-order chi connectivity index (χ0) is 13.0. The molecule has 0 spiro atoms. The summed E-state index contributed by atoms with van der Waals surface area (Å²) in [5.41, 5.74) is 8.87. The van der Waals surface area contributed by atoms with E-state index in [-0.39, 0.29) is 0 Å². The summed E-state index contributed by atoms with van der Waals surface area (Å²) in [5, 5.41) is 0. The van der Waals surface area contributed by atoms with Gasteiger partial charge in [-0.05, 0) is 51.7 Å². The number of hydrogen-bond acceptors (Lipinski definition) is 2. The van der Waals surface area contributed by atoms with Gasteiger partial charge in [-0.2, -0.15) is 0 Å². The number of para-hydroxylation sites is 1. The molecule has 0 fully saturated rings. The molecule has 0 unspecified atom stereocenters. The highest BCUT2D eigenvalue weighted by molar-refractivity contribution is 9.10. The fourth-order valence-electron chi connectivity index (χ4n) is 1.78. The fourth-order valence-corrected chi connectivity index (χ4v) is 2.03. The lowest BCUT2D eigenvalue weighted by Crippen LogP contribution is -1.99. The van der Waals surface area contributed by atoms with Crippen molar-refractivity contribution >= 4 is 21.6 Å². The summed E-state index contributed by atoms with van der Waals surface area (Å²) in [5.74, 6) is 0.946. The molecule has 94 valence electrons. The molecule has 2 rings (SSSR count). The highest BCUT2D eigenvalue weighted by Crippen LogP contribution is 2.23. The highest BCUT2D eigenvalue weighted by atomic mass is 79.9. The average molecular weight is 306 g/mol. The molecule has 0 saturated heterocycles. The Kier molecular flexibility index (Phi) is 4.26. The minimum absolute atomic E-state index is 0.536. The molecule has 0 bridgehead atoms. The molecule has 2 aromatic rings. The number of anilines is 1. The molecule has 0 aromatic heterocycles. The van der Waals surface area contributed by atoms with Crippen LogP contribution in [0.4, 0.5) is 5.69 Å². The van der Waals surface area contributed by atoms with Crippen molar-refractivity contribution < 1.29 is 4.74 Å². The van der Waals surface area contributed by atoms with E-state index in [0.717, 1.165) is 27.9 Å². The van der Waals surface area contributed by atoms with Crippen LogP contribution < -0.4 is 10.5 Å². The van der Waals surface area contributed by atoms with E-state index >= 15 is 0 Å². The van der Waals surface area contributed by atoms with Crippen molar-refractivity contribution in [1.82, 2.24) is 0 Å². The Labute approximate surface area is 116 Å². The molecule has 0 saturated carbocycles. The predicted octanol–water partition coefficient (Wildman–Crippen LogP) is 4.17. The van der Waals surface area contributed by atoms with Crippen molar-refractivity contribution in [2.24, 2.45) is 0 Å². The Bertz CT molecular complexity index is 540. The van der Waals surface area contributed by atoms with Crippen LogP contribution in [0.25, 0.3) is 0 Å². The number of hydrogen-bond donors (Lipinski definition) is 1. The van der Waals surface area contributed by atoms with E-state index in [2.05, 4.69) is 28.9 Å². The Morgan fingerprint density at radius 2 is 1.94 bits per heavy atom. The molecule has 0 aliphatic carbocycles. The van der Waals surface area contributed by atoms with Gasteiger partial charge in [0.2, 0.25) is 0 Å². The van der Waals surface area contributed by atoms with E-state index in [4.69, 9.17) is 10.5 Å². The maximum absolute atomic E-state index is 5.84. The number of ether oxygens (including phenoxy) is 1. The predicted molar refractivity (Wildman–Crippen MR) is 78.7 cm³/mol. The normalized spacial score (nSPS) is 10.3. The number of nitrogens with two attached hydrogens (primary N) is 1. The monoisotopic (exact) mass is 305 g/mol. The first-order valence-electron chi connectivity index (χ1n) is 5.95. The van der Waals surface area contributed by atoms with Crippen LogP contribution in [0.1, 0.15) is 18.1 Å². The average Bonchev–Trinajstić information content (AvgIpc) is 2.40. The molecule has 0 radical (unpaired) electrons. The maximum atomic E-state index is 5.84. The van der Waals surface area contributed by atoms with E-state index in [9.17, 15) is 0 Å². The van der Waals surface area contributed by atoms with Gasteiger partial charge in [-0.15, -0.1) is 0 Å². The molecule has 2 nitrogen and oxygen atoms in total. The van der Waals surface area contributed by atoms with Gasteiger partial charge in [-0.1, -0.05) is 31.2 Å². The van der Waals surface area contributed by atoms with Gasteiger partial charge in [0.1, 0.15) is 12.4 Å². The molecule has 0 aliphatic rings. The third-order valence-corrected chi connectivity index (χ3v) is 3.53. The van der Waals surface area contributed by atoms with Crippen molar-refractivity contribution in [2.75, 3.05) is 5.73 Å². The molecule has 0 atom stereocenters. The number of halogens is 1. The van der Waals surface area contributed by atoms with Crippen LogP contribution in [-0.2, 0) is 13.0 Å². The van der Waals surface area contributed by atoms with Gasteiger partial charge < -0.3 is 10.5 Å². The van der Waals surface area contributed by atoms with E-state index in [1.807, 2.05) is 36.4 Å². The summed E-state index contributed by atoms with van der Waals surface area (Å²) in [7, 11) is 0. The second-order valence-corrected chi connectivity index (χ2v) is 4.96. The summed E-state index contributed by atoms with van der Waals surface area (Å²) in [4.78, 5) is 0. The molecule has 0 heterocycles. The lowest BCUT2D eigenvalue weighted by atomic mass is 10.1. The van der Waals surface area contributed by atoms with Gasteiger partial charge >= 0.3 is 0 Å². The molecular formula is C15H16BrNO. The van der Waals surface area contributed by atoms with Crippen LogP contribution in [0.3, 0.4) is 0 Å². The molecular weight excluding hydrogens is 290 g/mol. The number of aryl methyl sites for hydroxylation is 1. The third kappa shape index (κ3) is 3.05. The molecule has 0 aliphatic heterocycles. The molecule has 0 amide bonds. The van der Waals surface area contributed by atoms with Crippen molar-refractivity contribution in [3.05, 3.63) is 58.1 Å². The van der Waals surface area contributed by atoms with Crippen molar-refractivity contribution in [3.8, 4) is 5.75 Å². The quantitative estimate of drug-likeness (QED) is 0.860. The number of benzene rings is 2. The van der Waals surface area contributed by atoms with E-state index < -0.39 is 0 Å². The second kappa shape index (κ2) is 5.91. The first-order valence-corrected chi connectivity index (χ1v) is 6.74. The standard InChI is InChI=1S/C15H16BrNO/c1-2-12-5-3-4-6-15(12)18-10-11-7-8-13(16)14(17)9-11/h3-9H,2,10,17H2,1H3. The van der Waals surface area contributed by atoms with Crippen molar-refractivity contribution in [1.29, 1.82) is 0 Å². The lowest BCUT2D eigenvalue weighted by Gasteiger charge is -2.11. The van der Waals surface area contributed by atoms with Crippen molar-refractivity contribution in [3.63, 3.8) is 0 Å². The smallest absolute Gasteiger partial charge is 0.122 e. The molecule has 3 heteroatoms. The largest absolute Gasteiger partial charge is 0.489 e. The lowest BCUT2D eigenvalue weighted by molar-refractivity contribution is 0.303. The molecule has 2 N–H and O–H groups in total. The van der Waals surface area contributed by atoms with Crippen LogP contribution in [0.5, 0.6) is 5.75 Å². The summed E-state index contributed by atoms with van der Waals surface area (Å²) in [6.07, 6.45) is 0.971. The van der Waals surface area contributed by atoms with Crippen molar-refractivity contribution in [2.45, 2.75) is 20.0 Å². The van der Waals surface area contributed by atoms with Crippen LogP contribution in [0.15, 0.2) is 46.9 Å². The van der Waals surface area contributed by atoms with Gasteiger partial charge in [-0.25, -0.2) is 0 Å². The summed E-state index contributed by atoms with van der Waals surface area (Å²) in [6, 6.07) is 14.0. The summed E-state index contributed by atoms with van der Waals surface area (Å²) < 4.78 is 6.75. The number of rotatable bonds is 4. The highest BCUT2D eigenvalue weighted by Gasteiger charge is 2.02. The Balaban J connectivity index is 2.09. The minimum atomic E-state index is 0.536. The third-order valence-electron chi connectivity index (χ3n) is 2.81. The Morgan fingerprint density at radius 1 is 1.17 bits per heavy atom. The maximum Gasteiger partial charge on any atom is 0.122 e. The van der Waals surface area contributed by atoms with E-state index in [1.54, 1.807) is 0 Å². The van der Waals surface area contributed by atoms with Gasteiger partial charge in [0.05, 0.1) is 0 Å². The van der Waals surface area contributed by atoms with Gasteiger partial charge in [0.25, 0.3) is 0 Å². The van der Waals surface area contributed by atoms with Gasteiger partial charge in [0, 0.05) is 10.2 Å². The van der Waals surface area contributed by atoms with Crippen LogP contribution in [0.2, 0.25) is 0 Å². The van der Waals surface area contributed by atoms with Crippen LogP contribution in [0, 0.1) is 0 Å².